The van der Waals surface area contributed by atoms with Gasteiger partial charge in [0.1, 0.15) is 12.6 Å². The first-order valence-corrected chi connectivity index (χ1v) is 17.0. The Labute approximate surface area is 267 Å². The van der Waals surface area contributed by atoms with Crippen LogP contribution in [0.5, 0.6) is 11.5 Å². The minimum absolute atomic E-state index is 0.0446. The van der Waals surface area contributed by atoms with E-state index in [0.29, 0.717) is 17.9 Å². The van der Waals surface area contributed by atoms with Gasteiger partial charge in [-0.1, -0.05) is 68.1 Å². The molecule has 1 saturated carbocycles. The predicted octanol–water partition coefficient (Wildman–Crippen LogP) is 5.77. The molecule has 0 spiro atoms. The summed E-state index contributed by atoms with van der Waals surface area (Å²) in [5.41, 5.74) is 3.00. The van der Waals surface area contributed by atoms with Crippen LogP contribution in [0.4, 0.5) is 5.69 Å². The topological polar surface area (TPSA) is 105 Å². The lowest BCUT2D eigenvalue weighted by Crippen LogP contribution is -2.54. The minimum Gasteiger partial charge on any atom is -0.493 e. The Balaban J connectivity index is 1.76. The number of rotatable bonds is 13. The molecule has 9 nitrogen and oxygen atoms in total. The minimum atomic E-state index is -4.21. The normalized spacial score (nSPS) is 14.3. The Hall–Kier alpha value is -4.05. The fraction of sp³-hybridized carbons (Fsp3) is 0.429. The van der Waals surface area contributed by atoms with Gasteiger partial charge in [-0.15, -0.1) is 0 Å². The Morgan fingerprint density at radius 3 is 2.20 bits per heavy atom. The Kier molecular flexibility index (Phi) is 11.5. The Morgan fingerprint density at radius 2 is 1.58 bits per heavy atom. The second-order valence-electron chi connectivity index (χ2n) is 11.6. The summed E-state index contributed by atoms with van der Waals surface area (Å²) in [6.07, 6.45) is 5.47. The van der Waals surface area contributed by atoms with Crippen molar-refractivity contribution in [3.05, 3.63) is 83.4 Å². The average Bonchev–Trinajstić information content (AvgIpc) is 3.04. The first-order valence-electron chi connectivity index (χ1n) is 15.5. The van der Waals surface area contributed by atoms with Crippen molar-refractivity contribution in [1.29, 1.82) is 0 Å². The van der Waals surface area contributed by atoms with Crippen LogP contribution >= 0.6 is 0 Å². The fourth-order valence-electron chi connectivity index (χ4n) is 5.78. The molecule has 0 unspecified atom stereocenters. The van der Waals surface area contributed by atoms with Gasteiger partial charge in [-0.2, -0.15) is 0 Å². The summed E-state index contributed by atoms with van der Waals surface area (Å²) in [6, 6.07) is 18.2. The fourth-order valence-corrected chi connectivity index (χ4v) is 7.19. The lowest BCUT2D eigenvalue weighted by molar-refractivity contribution is -0.140. The number of sulfonamides is 1. The van der Waals surface area contributed by atoms with E-state index in [1.165, 1.54) is 37.3 Å². The van der Waals surface area contributed by atoms with Gasteiger partial charge in [0.15, 0.2) is 11.5 Å². The second-order valence-corrected chi connectivity index (χ2v) is 13.4. The molecule has 2 amide bonds. The number of carbonyl (C=O) groups is 2. The first-order chi connectivity index (χ1) is 21.6. The third kappa shape index (κ3) is 8.16. The highest BCUT2D eigenvalue weighted by Gasteiger charge is 2.35. The van der Waals surface area contributed by atoms with Crippen LogP contribution in [0, 0.1) is 13.8 Å². The van der Waals surface area contributed by atoms with Crippen LogP contribution < -0.4 is 19.1 Å². The third-order valence-corrected chi connectivity index (χ3v) is 10.3. The van der Waals surface area contributed by atoms with Crippen molar-refractivity contribution in [2.45, 2.75) is 82.8 Å². The van der Waals surface area contributed by atoms with E-state index in [1.54, 1.807) is 24.3 Å². The van der Waals surface area contributed by atoms with Crippen molar-refractivity contribution >= 4 is 27.5 Å². The number of amides is 2. The number of ether oxygens (including phenoxy) is 2. The molecule has 1 fully saturated rings. The van der Waals surface area contributed by atoms with Crippen LogP contribution in [-0.2, 0) is 26.2 Å². The molecule has 0 bridgehead atoms. The molecular weight excluding hydrogens is 590 g/mol. The van der Waals surface area contributed by atoms with E-state index in [4.69, 9.17) is 9.47 Å². The standard InChI is InChI=1S/C35H45N3O6S/c1-6-31(35(40)36-28-14-8-7-9-15-28)37(23-27-13-11-10-12-26(27)3)34(39)24-38(29-18-21-32(43-4)33(22-29)44-5)45(41,42)30-19-16-25(2)17-20-30/h10-13,16-22,28,31H,6-9,14-15,23-24H2,1-5H3,(H,36,40)/t31-/m0/s1. The molecular formula is C35H45N3O6S. The molecule has 1 atom stereocenters. The Bertz CT molecular complexity index is 1570. The molecule has 1 aliphatic carbocycles. The van der Waals surface area contributed by atoms with Gasteiger partial charge in [-0.05, 0) is 68.5 Å². The molecule has 242 valence electrons. The van der Waals surface area contributed by atoms with Crippen LogP contribution in [0.15, 0.2) is 71.6 Å². The highest BCUT2D eigenvalue weighted by atomic mass is 32.2. The molecule has 1 N–H and O–H groups in total. The number of hydrogen-bond acceptors (Lipinski definition) is 6. The summed E-state index contributed by atoms with van der Waals surface area (Å²) in [5, 5.41) is 3.18. The molecule has 3 aromatic carbocycles. The van der Waals surface area contributed by atoms with E-state index in [-0.39, 0.29) is 29.1 Å². The zero-order valence-electron chi connectivity index (χ0n) is 26.9. The largest absolute Gasteiger partial charge is 0.493 e. The maximum absolute atomic E-state index is 14.4. The van der Waals surface area contributed by atoms with Crippen LogP contribution in [0.1, 0.15) is 62.1 Å². The summed E-state index contributed by atoms with van der Waals surface area (Å²) >= 11 is 0. The average molecular weight is 636 g/mol. The number of aryl methyl sites for hydroxylation is 2. The Morgan fingerprint density at radius 1 is 0.911 bits per heavy atom. The molecule has 3 aromatic rings. The van der Waals surface area contributed by atoms with Gasteiger partial charge in [-0.25, -0.2) is 8.42 Å². The first kappa shape index (κ1) is 33.8. The van der Waals surface area contributed by atoms with Crippen molar-refractivity contribution in [2.75, 3.05) is 25.1 Å². The maximum atomic E-state index is 14.4. The van der Waals surface area contributed by atoms with Gasteiger partial charge in [0.2, 0.25) is 11.8 Å². The SMILES string of the molecule is CC[C@@H](C(=O)NC1CCCCC1)N(Cc1ccccc1C)C(=O)CN(c1ccc(OC)c(OC)c1)S(=O)(=O)c1ccc(C)cc1. The molecule has 0 heterocycles. The van der Waals surface area contributed by atoms with E-state index in [2.05, 4.69) is 5.32 Å². The van der Waals surface area contributed by atoms with E-state index >= 15 is 0 Å². The predicted molar refractivity (Wildman–Crippen MR) is 176 cm³/mol. The number of methoxy groups -OCH3 is 2. The van der Waals surface area contributed by atoms with Crippen LogP contribution in [0.2, 0.25) is 0 Å². The molecule has 0 aliphatic heterocycles. The molecule has 0 aromatic heterocycles. The quantitative estimate of drug-likeness (QED) is 0.256. The lowest BCUT2D eigenvalue weighted by Gasteiger charge is -2.35. The van der Waals surface area contributed by atoms with Gasteiger partial charge in [0.05, 0.1) is 24.8 Å². The van der Waals surface area contributed by atoms with Crippen LogP contribution in [0.25, 0.3) is 0 Å². The molecule has 0 saturated heterocycles. The lowest BCUT2D eigenvalue weighted by atomic mass is 9.95. The van der Waals surface area contributed by atoms with Crippen molar-refractivity contribution in [3.8, 4) is 11.5 Å². The van der Waals surface area contributed by atoms with Gasteiger partial charge in [0.25, 0.3) is 10.0 Å². The molecule has 1 aliphatic rings. The highest BCUT2D eigenvalue weighted by molar-refractivity contribution is 7.92. The molecule has 0 radical (unpaired) electrons. The number of carbonyl (C=O) groups excluding carboxylic acids is 2. The van der Waals surface area contributed by atoms with E-state index < -0.39 is 28.5 Å². The number of benzene rings is 3. The zero-order chi connectivity index (χ0) is 32.6. The number of nitrogens with zero attached hydrogens (tertiary/aromatic N) is 2. The summed E-state index contributed by atoms with van der Waals surface area (Å²) in [7, 11) is -1.25. The summed E-state index contributed by atoms with van der Waals surface area (Å²) < 4.78 is 40.3. The number of anilines is 1. The van der Waals surface area contributed by atoms with E-state index in [1.807, 2.05) is 45.0 Å². The van der Waals surface area contributed by atoms with E-state index in [9.17, 15) is 18.0 Å². The summed E-state index contributed by atoms with van der Waals surface area (Å²) in [4.78, 5) is 29.8. The molecule has 45 heavy (non-hydrogen) atoms. The van der Waals surface area contributed by atoms with Crippen LogP contribution in [0.3, 0.4) is 0 Å². The zero-order valence-corrected chi connectivity index (χ0v) is 27.7. The third-order valence-electron chi connectivity index (χ3n) is 8.48. The van der Waals surface area contributed by atoms with Crippen molar-refractivity contribution in [3.63, 3.8) is 0 Å². The highest BCUT2D eigenvalue weighted by Crippen LogP contribution is 2.34. The number of nitrogens with one attached hydrogen (secondary N) is 1. The van der Waals surface area contributed by atoms with Crippen molar-refractivity contribution in [1.82, 2.24) is 10.2 Å². The smallest absolute Gasteiger partial charge is 0.264 e. The molecule has 4 rings (SSSR count). The maximum Gasteiger partial charge on any atom is 0.264 e. The van der Waals surface area contributed by atoms with Crippen molar-refractivity contribution in [2.24, 2.45) is 0 Å². The molecule has 10 heteroatoms. The second kappa shape index (κ2) is 15.3. The van der Waals surface area contributed by atoms with Crippen LogP contribution in [-0.4, -0.2) is 58.0 Å². The van der Waals surface area contributed by atoms with E-state index in [0.717, 1.165) is 53.1 Å². The number of hydrogen-bond donors (Lipinski definition) is 1. The van der Waals surface area contributed by atoms with Gasteiger partial charge >= 0.3 is 0 Å². The van der Waals surface area contributed by atoms with Gasteiger partial charge < -0.3 is 19.7 Å². The van der Waals surface area contributed by atoms with Gasteiger partial charge in [-0.3, -0.25) is 13.9 Å². The summed E-state index contributed by atoms with van der Waals surface area (Å²) in [6.45, 7) is 5.34. The summed E-state index contributed by atoms with van der Waals surface area (Å²) in [5.74, 6) is 0.0354. The van der Waals surface area contributed by atoms with Gasteiger partial charge in [0, 0.05) is 18.7 Å². The monoisotopic (exact) mass is 635 g/mol. The van der Waals surface area contributed by atoms with Crippen molar-refractivity contribution < 1.29 is 27.5 Å².